The van der Waals surface area contributed by atoms with Gasteiger partial charge in [0.15, 0.2) is 11.2 Å². The van der Waals surface area contributed by atoms with Crippen molar-refractivity contribution in [3.8, 4) is 0 Å². The lowest BCUT2D eigenvalue weighted by molar-refractivity contribution is 0.594. The molecule has 0 saturated carbocycles. The van der Waals surface area contributed by atoms with Crippen LogP contribution in [0.25, 0.3) is 11.2 Å². The Bertz CT molecular complexity index is 1010. The molecule has 8 heteroatoms. The average molecular weight is 365 g/mol. The van der Waals surface area contributed by atoms with Gasteiger partial charge in [-0.15, -0.1) is 11.8 Å². The van der Waals surface area contributed by atoms with Crippen LogP contribution < -0.4 is 11.2 Å². The molecule has 0 atom stereocenters. The average Bonchev–Trinajstić information content (AvgIpc) is 2.95. The summed E-state index contributed by atoms with van der Waals surface area (Å²) in [5.41, 5.74) is 0.217. The SMILES string of the molecule is Cn1cnc2c1c(=O)n(CCCSc1ccccc1Cl)c(=O)n2C. The second-order valence-corrected chi connectivity index (χ2v) is 7.00. The molecule has 0 saturated heterocycles. The molecule has 126 valence electrons. The number of fused-ring (bicyclic) bond motifs is 1. The molecule has 2 aromatic heterocycles. The van der Waals surface area contributed by atoms with E-state index in [4.69, 9.17) is 11.6 Å². The van der Waals surface area contributed by atoms with E-state index in [-0.39, 0.29) is 11.2 Å². The summed E-state index contributed by atoms with van der Waals surface area (Å²) >= 11 is 7.74. The van der Waals surface area contributed by atoms with Gasteiger partial charge in [0.05, 0.1) is 11.3 Å². The Kier molecular flexibility index (Phi) is 4.82. The molecule has 0 unspecified atom stereocenters. The normalized spacial score (nSPS) is 11.3. The molecular formula is C16H17ClN4O2S. The molecule has 0 aliphatic carbocycles. The van der Waals surface area contributed by atoms with E-state index in [9.17, 15) is 9.59 Å². The second-order valence-electron chi connectivity index (χ2n) is 5.46. The highest BCUT2D eigenvalue weighted by Gasteiger charge is 2.14. The molecule has 0 N–H and O–H groups in total. The summed E-state index contributed by atoms with van der Waals surface area (Å²) in [6, 6.07) is 7.63. The molecule has 3 rings (SSSR count). The van der Waals surface area contributed by atoms with Crippen LogP contribution in [0.1, 0.15) is 6.42 Å². The van der Waals surface area contributed by atoms with Gasteiger partial charge in [-0.2, -0.15) is 0 Å². The molecule has 0 fully saturated rings. The minimum absolute atomic E-state index is 0.296. The first kappa shape index (κ1) is 16.9. The second kappa shape index (κ2) is 6.86. The molecule has 0 bridgehead atoms. The van der Waals surface area contributed by atoms with Gasteiger partial charge in [0, 0.05) is 25.5 Å². The van der Waals surface area contributed by atoms with Gasteiger partial charge in [0.25, 0.3) is 5.56 Å². The Balaban J connectivity index is 1.79. The van der Waals surface area contributed by atoms with Gasteiger partial charge in [-0.1, -0.05) is 23.7 Å². The number of thioether (sulfide) groups is 1. The Hall–Kier alpha value is -1.99. The van der Waals surface area contributed by atoms with Crippen molar-refractivity contribution in [2.45, 2.75) is 17.9 Å². The number of imidazole rings is 1. The largest absolute Gasteiger partial charge is 0.332 e. The lowest BCUT2D eigenvalue weighted by Gasteiger charge is -2.09. The van der Waals surface area contributed by atoms with Crippen LogP contribution >= 0.6 is 23.4 Å². The molecule has 1 aromatic carbocycles. The smallest absolute Gasteiger partial charge is 0.328 e. The van der Waals surface area contributed by atoms with Crippen molar-refractivity contribution < 1.29 is 0 Å². The zero-order valence-corrected chi connectivity index (χ0v) is 15.0. The van der Waals surface area contributed by atoms with Gasteiger partial charge in [0.1, 0.15) is 0 Å². The molecule has 6 nitrogen and oxygen atoms in total. The van der Waals surface area contributed by atoms with Crippen molar-refractivity contribution in [2.24, 2.45) is 14.1 Å². The molecule has 3 aromatic rings. The number of hydrogen-bond donors (Lipinski definition) is 0. The maximum atomic E-state index is 12.6. The van der Waals surface area contributed by atoms with Crippen molar-refractivity contribution >= 4 is 34.5 Å². The predicted octanol–water partition coefficient (Wildman–Crippen LogP) is 2.27. The number of rotatable bonds is 5. The van der Waals surface area contributed by atoms with Crippen molar-refractivity contribution in [3.05, 3.63) is 56.5 Å². The van der Waals surface area contributed by atoms with Gasteiger partial charge in [-0.3, -0.25) is 13.9 Å². The Morgan fingerprint density at radius 1 is 1.21 bits per heavy atom. The van der Waals surface area contributed by atoms with Crippen molar-refractivity contribution in [3.63, 3.8) is 0 Å². The maximum Gasteiger partial charge on any atom is 0.332 e. The van der Waals surface area contributed by atoms with Gasteiger partial charge < -0.3 is 4.57 Å². The standard InChI is InChI=1S/C16H17ClN4O2S/c1-19-10-18-14-13(19)15(22)21(16(23)20(14)2)8-5-9-24-12-7-4-3-6-11(12)17/h3-4,6-7,10H,5,8-9H2,1-2H3. The molecular weight excluding hydrogens is 348 g/mol. The topological polar surface area (TPSA) is 61.8 Å². The van der Waals surface area contributed by atoms with E-state index in [0.29, 0.717) is 29.2 Å². The maximum absolute atomic E-state index is 12.6. The molecule has 0 spiro atoms. The van der Waals surface area contributed by atoms with E-state index >= 15 is 0 Å². The summed E-state index contributed by atoms with van der Waals surface area (Å²) in [4.78, 5) is 30.1. The molecule has 24 heavy (non-hydrogen) atoms. The zero-order chi connectivity index (χ0) is 17.3. The zero-order valence-electron chi connectivity index (χ0n) is 13.4. The van der Waals surface area contributed by atoms with Crippen molar-refractivity contribution in [1.29, 1.82) is 0 Å². The number of aromatic nitrogens is 4. The van der Waals surface area contributed by atoms with Crippen LogP contribution in [0, 0.1) is 0 Å². The third-order valence-corrected chi connectivity index (χ3v) is 5.42. The van der Waals surface area contributed by atoms with E-state index in [2.05, 4.69) is 4.98 Å². The number of halogens is 1. The minimum Gasteiger partial charge on any atom is -0.328 e. The van der Waals surface area contributed by atoms with Crippen molar-refractivity contribution in [1.82, 2.24) is 18.7 Å². The molecule has 0 radical (unpaired) electrons. The van der Waals surface area contributed by atoms with Crippen molar-refractivity contribution in [2.75, 3.05) is 5.75 Å². The first-order valence-electron chi connectivity index (χ1n) is 7.49. The highest BCUT2D eigenvalue weighted by Crippen LogP contribution is 2.26. The van der Waals surface area contributed by atoms with E-state index in [1.165, 1.54) is 9.13 Å². The number of nitrogens with zero attached hydrogens (tertiary/aromatic N) is 4. The van der Waals surface area contributed by atoms with Gasteiger partial charge in [-0.05, 0) is 24.3 Å². The fourth-order valence-corrected chi connectivity index (χ4v) is 3.73. The van der Waals surface area contributed by atoms with Crippen LogP contribution in [0.4, 0.5) is 0 Å². The fourth-order valence-electron chi connectivity index (χ4n) is 2.56. The minimum atomic E-state index is -0.339. The quantitative estimate of drug-likeness (QED) is 0.514. The summed E-state index contributed by atoms with van der Waals surface area (Å²) in [5, 5.41) is 0.715. The third-order valence-electron chi connectivity index (χ3n) is 3.82. The highest BCUT2D eigenvalue weighted by molar-refractivity contribution is 7.99. The van der Waals surface area contributed by atoms with Gasteiger partial charge in [-0.25, -0.2) is 9.78 Å². The Morgan fingerprint density at radius 3 is 2.71 bits per heavy atom. The first-order chi connectivity index (χ1) is 11.5. The summed E-state index contributed by atoms with van der Waals surface area (Å²) in [6.45, 7) is 0.365. The lowest BCUT2D eigenvalue weighted by atomic mass is 10.4. The first-order valence-corrected chi connectivity index (χ1v) is 8.85. The third kappa shape index (κ3) is 3.01. The van der Waals surface area contributed by atoms with Crippen LogP contribution in [-0.2, 0) is 20.6 Å². The molecule has 0 amide bonds. The van der Waals surface area contributed by atoms with E-state index in [1.54, 1.807) is 36.8 Å². The predicted molar refractivity (Wildman–Crippen MR) is 97.0 cm³/mol. The van der Waals surface area contributed by atoms with E-state index in [1.807, 2.05) is 24.3 Å². The monoisotopic (exact) mass is 364 g/mol. The van der Waals surface area contributed by atoms with E-state index < -0.39 is 0 Å². The van der Waals surface area contributed by atoms with Crippen LogP contribution in [0.5, 0.6) is 0 Å². The number of hydrogen-bond acceptors (Lipinski definition) is 4. The lowest BCUT2D eigenvalue weighted by Crippen LogP contribution is -2.39. The van der Waals surface area contributed by atoms with E-state index in [0.717, 1.165) is 10.6 Å². The van der Waals surface area contributed by atoms with Crippen LogP contribution in [0.2, 0.25) is 5.02 Å². The molecule has 2 heterocycles. The number of benzene rings is 1. The van der Waals surface area contributed by atoms with Crippen LogP contribution in [0.15, 0.2) is 45.1 Å². The van der Waals surface area contributed by atoms with Gasteiger partial charge in [0.2, 0.25) is 0 Å². The highest BCUT2D eigenvalue weighted by atomic mass is 35.5. The van der Waals surface area contributed by atoms with Gasteiger partial charge >= 0.3 is 5.69 Å². The molecule has 0 aliphatic heterocycles. The number of aryl methyl sites for hydroxylation is 2. The Morgan fingerprint density at radius 2 is 1.96 bits per heavy atom. The summed E-state index contributed by atoms with van der Waals surface area (Å²) < 4.78 is 4.33. The summed E-state index contributed by atoms with van der Waals surface area (Å²) in [7, 11) is 3.38. The van der Waals surface area contributed by atoms with Crippen LogP contribution in [-0.4, -0.2) is 24.4 Å². The fraction of sp³-hybridized carbons (Fsp3) is 0.312. The Labute approximate surface area is 147 Å². The summed E-state index contributed by atoms with van der Waals surface area (Å²) in [6.07, 6.45) is 2.23. The van der Waals surface area contributed by atoms with Crippen LogP contribution in [0.3, 0.4) is 0 Å². The summed E-state index contributed by atoms with van der Waals surface area (Å²) in [5.74, 6) is 0.767. The molecule has 0 aliphatic rings.